The highest BCUT2D eigenvalue weighted by Crippen LogP contribution is 2.40. The predicted octanol–water partition coefficient (Wildman–Crippen LogP) is 1.99. The number of fused-ring (bicyclic) bond motifs is 1. The van der Waals surface area contributed by atoms with Gasteiger partial charge in [-0.05, 0) is 32.0 Å². The summed E-state index contributed by atoms with van der Waals surface area (Å²) in [7, 11) is 0. The number of phenolic OH excluding ortho intramolecular Hbond substituents is 1. The van der Waals surface area contributed by atoms with Gasteiger partial charge in [0.1, 0.15) is 17.1 Å². The number of benzene rings is 1. The average molecular weight is 194 g/mol. The molecule has 3 nitrogen and oxygen atoms in total. The maximum Gasteiger partial charge on any atom is 0.126 e. The maximum atomic E-state index is 9.83. The van der Waals surface area contributed by atoms with E-state index in [0.717, 1.165) is 0 Å². The van der Waals surface area contributed by atoms with E-state index in [1.54, 1.807) is 18.2 Å². The van der Waals surface area contributed by atoms with Crippen LogP contribution in [0.2, 0.25) is 0 Å². The molecule has 76 valence electrons. The molecule has 1 unspecified atom stereocenters. The van der Waals surface area contributed by atoms with E-state index in [4.69, 9.17) is 4.74 Å². The van der Waals surface area contributed by atoms with Gasteiger partial charge in [0, 0.05) is 12.0 Å². The number of ether oxygens (including phenoxy) is 1. The van der Waals surface area contributed by atoms with Crippen molar-refractivity contribution in [3.05, 3.63) is 23.8 Å². The SMILES string of the molecule is CC1(C)CC(O)c2cc(O)ccc2O1. The predicted molar refractivity (Wildman–Crippen MR) is 52.4 cm³/mol. The summed E-state index contributed by atoms with van der Waals surface area (Å²) < 4.78 is 5.67. The fourth-order valence-electron chi connectivity index (χ4n) is 1.80. The molecule has 1 heterocycles. The van der Waals surface area contributed by atoms with Crippen molar-refractivity contribution in [2.24, 2.45) is 0 Å². The normalized spacial score (nSPS) is 23.8. The Morgan fingerprint density at radius 3 is 2.86 bits per heavy atom. The van der Waals surface area contributed by atoms with Gasteiger partial charge in [-0.15, -0.1) is 0 Å². The van der Waals surface area contributed by atoms with Crippen molar-refractivity contribution in [3.8, 4) is 11.5 Å². The van der Waals surface area contributed by atoms with E-state index in [1.807, 2.05) is 13.8 Å². The van der Waals surface area contributed by atoms with E-state index in [0.29, 0.717) is 17.7 Å². The minimum absolute atomic E-state index is 0.158. The lowest BCUT2D eigenvalue weighted by Crippen LogP contribution is -2.34. The van der Waals surface area contributed by atoms with Crippen LogP contribution in [0.5, 0.6) is 11.5 Å². The molecule has 1 aliphatic rings. The van der Waals surface area contributed by atoms with Crippen LogP contribution in [0.3, 0.4) is 0 Å². The van der Waals surface area contributed by atoms with Gasteiger partial charge in [0.15, 0.2) is 0 Å². The maximum absolute atomic E-state index is 9.83. The summed E-state index contributed by atoms with van der Waals surface area (Å²) in [5.41, 5.74) is 0.327. The Morgan fingerprint density at radius 1 is 1.43 bits per heavy atom. The number of rotatable bonds is 0. The third-order valence-corrected chi connectivity index (χ3v) is 2.42. The van der Waals surface area contributed by atoms with E-state index < -0.39 is 6.10 Å². The second-order valence-corrected chi connectivity index (χ2v) is 4.30. The van der Waals surface area contributed by atoms with Crippen LogP contribution in [-0.2, 0) is 0 Å². The molecule has 0 amide bonds. The Hall–Kier alpha value is -1.22. The zero-order chi connectivity index (χ0) is 10.3. The lowest BCUT2D eigenvalue weighted by molar-refractivity contribution is 0.0113. The van der Waals surface area contributed by atoms with Crippen LogP contribution >= 0.6 is 0 Å². The number of aromatic hydroxyl groups is 1. The molecule has 1 aromatic carbocycles. The van der Waals surface area contributed by atoms with E-state index in [9.17, 15) is 10.2 Å². The van der Waals surface area contributed by atoms with Crippen LogP contribution in [0.25, 0.3) is 0 Å². The average Bonchev–Trinajstić information content (AvgIpc) is 2.05. The second-order valence-electron chi connectivity index (χ2n) is 4.30. The van der Waals surface area contributed by atoms with E-state index >= 15 is 0 Å². The highest BCUT2D eigenvalue weighted by molar-refractivity contribution is 5.42. The first-order valence-corrected chi connectivity index (χ1v) is 4.68. The number of hydrogen-bond acceptors (Lipinski definition) is 3. The number of aliphatic hydroxyl groups excluding tert-OH is 1. The minimum Gasteiger partial charge on any atom is -0.508 e. The lowest BCUT2D eigenvalue weighted by atomic mass is 9.92. The van der Waals surface area contributed by atoms with Crippen LogP contribution in [-0.4, -0.2) is 15.8 Å². The van der Waals surface area contributed by atoms with Gasteiger partial charge in [-0.3, -0.25) is 0 Å². The molecular weight excluding hydrogens is 180 g/mol. The molecule has 0 radical (unpaired) electrons. The highest BCUT2D eigenvalue weighted by atomic mass is 16.5. The molecule has 1 aliphatic heterocycles. The molecule has 2 rings (SSSR count). The van der Waals surface area contributed by atoms with E-state index in [-0.39, 0.29) is 11.4 Å². The summed E-state index contributed by atoms with van der Waals surface area (Å²) in [5, 5.41) is 19.1. The molecule has 0 spiro atoms. The third kappa shape index (κ3) is 1.55. The summed E-state index contributed by atoms with van der Waals surface area (Å²) in [6, 6.07) is 4.80. The summed E-state index contributed by atoms with van der Waals surface area (Å²) in [6.45, 7) is 3.87. The van der Waals surface area contributed by atoms with Crippen molar-refractivity contribution in [2.75, 3.05) is 0 Å². The molecular formula is C11H14O3. The zero-order valence-corrected chi connectivity index (χ0v) is 8.32. The van der Waals surface area contributed by atoms with Crippen LogP contribution in [0.15, 0.2) is 18.2 Å². The fourth-order valence-corrected chi connectivity index (χ4v) is 1.80. The van der Waals surface area contributed by atoms with Crippen LogP contribution < -0.4 is 4.74 Å². The van der Waals surface area contributed by atoms with Gasteiger partial charge in [-0.2, -0.15) is 0 Å². The molecule has 2 N–H and O–H groups in total. The summed E-state index contributed by atoms with van der Waals surface area (Å²) in [4.78, 5) is 0. The zero-order valence-electron chi connectivity index (χ0n) is 8.32. The molecule has 1 atom stereocenters. The molecule has 0 saturated carbocycles. The van der Waals surface area contributed by atoms with Crippen LogP contribution in [0.4, 0.5) is 0 Å². The van der Waals surface area contributed by atoms with Gasteiger partial charge in [-0.1, -0.05) is 0 Å². The number of phenols is 1. The van der Waals surface area contributed by atoms with E-state index in [2.05, 4.69) is 0 Å². The standard InChI is InChI=1S/C11H14O3/c1-11(2)6-9(13)8-5-7(12)3-4-10(8)14-11/h3-5,9,12-13H,6H2,1-2H3. The number of hydrogen-bond donors (Lipinski definition) is 2. The first-order valence-electron chi connectivity index (χ1n) is 4.68. The quantitative estimate of drug-likeness (QED) is 0.664. The summed E-state index contributed by atoms with van der Waals surface area (Å²) in [5.74, 6) is 0.817. The molecule has 0 fully saturated rings. The lowest BCUT2D eigenvalue weighted by Gasteiger charge is -2.35. The van der Waals surface area contributed by atoms with Gasteiger partial charge >= 0.3 is 0 Å². The van der Waals surface area contributed by atoms with Crippen molar-refractivity contribution >= 4 is 0 Å². The monoisotopic (exact) mass is 194 g/mol. The fraction of sp³-hybridized carbons (Fsp3) is 0.455. The largest absolute Gasteiger partial charge is 0.508 e. The molecule has 0 aromatic heterocycles. The molecule has 1 aromatic rings. The second kappa shape index (κ2) is 2.89. The first kappa shape index (κ1) is 9.34. The molecule has 3 heteroatoms. The van der Waals surface area contributed by atoms with E-state index in [1.165, 1.54) is 0 Å². The van der Waals surface area contributed by atoms with Crippen molar-refractivity contribution < 1.29 is 14.9 Å². The summed E-state index contributed by atoms with van der Waals surface area (Å²) in [6.07, 6.45) is -0.00968. The van der Waals surface area contributed by atoms with Crippen LogP contribution in [0.1, 0.15) is 31.9 Å². The van der Waals surface area contributed by atoms with Gasteiger partial charge in [0.25, 0.3) is 0 Å². The Labute approximate surface area is 83.0 Å². The Bertz CT molecular complexity index is 358. The van der Waals surface area contributed by atoms with Crippen molar-refractivity contribution in [1.29, 1.82) is 0 Å². The van der Waals surface area contributed by atoms with Gasteiger partial charge in [0.05, 0.1) is 6.10 Å². The first-order chi connectivity index (χ1) is 6.48. The summed E-state index contributed by atoms with van der Waals surface area (Å²) >= 11 is 0. The van der Waals surface area contributed by atoms with Gasteiger partial charge < -0.3 is 14.9 Å². The number of aliphatic hydroxyl groups is 1. The smallest absolute Gasteiger partial charge is 0.126 e. The highest BCUT2D eigenvalue weighted by Gasteiger charge is 2.32. The molecule has 14 heavy (non-hydrogen) atoms. The van der Waals surface area contributed by atoms with Gasteiger partial charge in [-0.25, -0.2) is 0 Å². The minimum atomic E-state index is -0.555. The molecule has 0 aliphatic carbocycles. The Balaban J connectivity index is 2.45. The topological polar surface area (TPSA) is 49.7 Å². The third-order valence-electron chi connectivity index (χ3n) is 2.42. The Morgan fingerprint density at radius 2 is 2.14 bits per heavy atom. The molecule has 0 saturated heterocycles. The van der Waals surface area contributed by atoms with Gasteiger partial charge in [0.2, 0.25) is 0 Å². The van der Waals surface area contributed by atoms with Crippen molar-refractivity contribution in [2.45, 2.75) is 32.0 Å². The van der Waals surface area contributed by atoms with Crippen LogP contribution in [0, 0.1) is 0 Å². The molecule has 0 bridgehead atoms. The Kier molecular flexibility index (Phi) is 1.93. The van der Waals surface area contributed by atoms with Crippen molar-refractivity contribution in [1.82, 2.24) is 0 Å². The van der Waals surface area contributed by atoms with Crippen molar-refractivity contribution in [3.63, 3.8) is 0 Å².